The van der Waals surface area contributed by atoms with Gasteiger partial charge in [-0.15, -0.1) is 0 Å². The van der Waals surface area contributed by atoms with Crippen LogP contribution in [0.1, 0.15) is 50.5 Å². The summed E-state index contributed by atoms with van der Waals surface area (Å²) in [6.07, 6.45) is 7.01. The molecule has 22 heavy (non-hydrogen) atoms. The molecule has 2 aromatic rings. The van der Waals surface area contributed by atoms with E-state index in [0.717, 1.165) is 48.0 Å². The van der Waals surface area contributed by atoms with Crippen LogP contribution in [0.2, 0.25) is 0 Å². The van der Waals surface area contributed by atoms with Gasteiger partial charge in [-0.2, -0.15) is 0 Å². The van der Waals surface area contributed by atoms with E-state index in [-0.39, 0.29) is 5.91 Å². The molecule has 1 saturated carbocycles. The van der Waals surface area contributed by atoms with Crippen molar-refractivity contribution in [3.8, 4) is 0 Å². The smallest absolute Gasteiger partial charge is 0.246 e. The van der Waals surface area contributed by atoms with Crippen LogP contribution in [-0.2, 0) is 16.9 Å². The van der Waals surface area contributed by atoms with Crippen molar-refractivity contribution in [2.75, 3.05) is 0 Å². The third-order valence-corrected chi connectivity index (χ3v) is 4.96. The molecule has 0 unspecified atom stereocenters. The molecule has 1 aliphatic heterocycles. The average Bonchev–Trinajstić information content (AvgIpc) is 2.90. The van der Waals surface area contributed by atoms with Crippen molar-refractivity contribution in [2.24, 2.45) is 0 Å². The molecular weight excluding hydrogens is 276 g/mol. The van der Waals surface area contributed by atoms with Gasteiger partial charge in [0.2, 0.25) is 5.91 Å². The molecule has 0 bridgehead atoms. The lowest BCUT2D eigenvalue weighted by atomic mass is 9.79. The number of carbonyl (C=O) groups is 1. The predicted molar refractivity (Wildman–Crippen MR) is 85.1 cm³/mol. The molecule has 2 aliphatic rings. The van der Waals surface area contributed by atoms with Crippen LogP contribution < -0.4 is 5.32 Å². The van der Waals surface area contributed by atoms with Gasteiger partial charge in [0.15, 0.2) is 5.82 Å². The van der Waals surface area contributed by atoms with Crippen molar-refractivity contribution in [3.63, 3.8) is 0 Å². The van der Waals surface area contributed by atoms with E-state index in [2.05, 4.69) is 27.5 Å². The minimum absolute atomic E-state index is 0.146. The normalized spacial score (nSPS) is 20.0. The molecule has 0 atom stereocenters. The van der Waals surface area contributed by atoms with Gasteiger partial charge in [0.05, 0.1) is 6.54 Å². The van der Waals surface area contributed by atoms with Crippen LogP contribution in [0.4, 0.5) is 0 Å². The van der Waals surface area contributed by atoms with Crippen molar-refractivity contribution >= 4 is 22.5 Å². The highest BCUT2D eigenvalue weighted by molar-refractivity contribution is 5.90. The molecule has 3 heterocycles. The van der Waals surface area contributed by atoms with Crippen LogP contribution in [0.3, 0.4) is 0 Å². The van der Waals surface area contributed by atoms with Crippen molar-refractivity contribution in [3.05, 3.63) is 30.4 Å². The fraction of sp³-hybridized carbons (Fsp3) is 0.471. The number of fused-ring (bicyclic) bond motifs is 4. The SMILES string of the molecule is C=C(C)c1ncc2cc3n(c2n1)C1(CCCCC1)C(=O)NC3. The lowest BCUT2D eigenvalue weighted by Gasteiger charge is -2.41. The third kappa shape index (κ3) is 1.74. The van der Waals surface area contributed by atoms with Gasteiger partial charge in [0.1, 0.15) is 11.2 Å². The summed E-state index contributed by atoms with van der Waals surface area (Å²) in [4.78, 5) is 21.8. The number of carbonyl (C=O) groups excluding carboxylic acids is 1. The van der Waals surface area contributed by atoms with Crippen LogP contribution in [0.15, 0.2) is 18.8 Å². The van der Waals surface area contributed by atoms with Crippen LogP contribution in [0.5, 0.6) is 0 Å². The van der Waals surface area contributed by atoms with E-state index in [1.807, 2.05) is 13.1 Å². The molecule has 0 radical (unpaired) electrons. The van der Waals surface area contributed by atoms with Gasteiger partial charge in [-0.3, -0.25) is 4.79 Å². The summed E-state index contributed by atoms with van der Waals surface area (Å²) < 4.78 is 2.19. The molecule has 1 spiro atoms. The molecule has 5 heteroatoms. The Bertz CT molecular complexity index is 783. The van der Waals surface area contributed by atoms with Crippen molar-refractivity contribution in [1.82, 2.24) is 19.9 Å². The molecule has 1 amide bonds. The number of nitrogens with one attached hydrogen (secondary N) is 1. The summed E-state index contributed by atoms with van der Waals surface area (Å²) in [5, 5.41) is 4.07. The molecule has 1 N–H and O–H groups in total. The number of allylic oxidation sites excluding steroid dienone is 1. The highest BCUT2D eigenvalue weighted by Gasteiger charge is 2.45. The number of aromatic nitrogens is 3. The second-order valence-electron chi connectivity index (χ2n) is 6.50. The van der Waals surface area contributed by atoms with Crippen molar-refractivity contribution < 1.29 is 4.79 Å². The highest BCUT2D eigenvalue weighted by Crippen LogP contribution is 2.40. The van der Waals surface area contributed by atoms with E-state index in [1.165, 1.54) is 6.42 Å². The Labute approximate surface area is 129 Å². The Morgan fingerprint density at radius 2 is 2.14 bits per heavy atom. The first-order valence-electron chi connectivity index (χ1n) is 7.94. The molecule has 1 aliphatic carbocycles. The van der Waals surface area contributed by atoms with Crippen LogP contribution >= 0.6 is 0 Å². The molecule has 1 fully saturated rings. The summed E-state index contributed by atoms with van der Waals surface area (Å²) in [6, 6.07) is 2.10. The van der Waals surface area contributed by atoms with E-state index in [4.69, 9.17) is 4.98 Å². The van der Waals surface area contributed by atoms with Gasteiger partial charge in [-0.25, -0.2) is 9.97 Å². The second-order valence-corrected chi connectivity index (χ2v) is 6.50. The van der Waals surface area contributed by atoms with Crippen LogP contribution in [0.25, 0.3) is 16.6 Å². The Kier molecular flexibility index (Phi) is 2.86. The highest BCUT2D eigenvalue weighted by atomic mass is 16.2. The largest absolute Gasteiger partial charge is 0.348 e. The first kappa shape index (κ1) is 13.5. The van der Waals surface area contributed by atoms with Crippen molar-refractivity contribution in [2.45, 2.75) is 51.1 Å². The van der Waals surface area contributed by atoms with Crippen LogP contribution in [-0.4, -0.2) is 20.4 Å². The molecule has 0 saturated heterocycles. The van der Waals surface area contributed by atoms with Gasteiger partial charge in [0.25, 0.3) is 0 Å². The molecular formula is C17H20N4O. The van der Waals surface area contributed by atoms with Gasteiger partial charge >= 0.3 is 0 Å². The molecule has 2 aromatic heterocycles. The Hall–Kier alpha value is -2.17. The topological polar surface area (TPSA) is 59.8 Å². The zero-order valence-electron chi connectivity index (χ0n) is 12.9. The van der Waals surface area contributed by atoms with Gasteiger partial charge in [-0.05, 0) is 31.4 Å². The maximum atomic E-state index is 12.7. The summed E-state index contributed by atoms with van der Waals surface area (Å²) >= 11 is 0. The van der Waals surface area contributed by atoms with E-state index in [1.54, 1.807) is 0 Å². The number of nitrogens with zero attached hydrogens (tertiary/aromatic N) is 3. The number of amides is 1. The Morgan fingerprint density at radius 1 is 1.36 bits per heavy atom. The Balaban J connectivity index is 1.99. The lowest BCUT2D eigenvalue weighted by Crippen LogP contribution is -2.54. The van der Waals surface area contributed by atoms with Crippen LogP contribution in [0, 0.1) is 0 Å². The fourth-order valence-corrected chi connectivity index (χ4v) is 3.88. The predicted octanol–water partition coefficient (Wildman–Crippen LogP) is 2.75. The molecule has 4 rings (SSSR count). The average molecular weight is 296 g/mol. The van der Waals surface area contributed by atoms with Gasteiger partial charge < -0.3 is 9.88 Å². The molecule has 5 nitrogen and oxygen atoms in total. The zero-order valence-corrected chi connectivity index (χ0v) is 12.9. The minimum atomic E-state index is -0.464. The number of hydrogen-bond donors (Lipinski definition) is 1. The summed E-state index contributed by atoms with van der Waals surface area (Å²) in [5.41, 5.74) is 2.38. The monoisotopic (exact) mass is 296 g/mol. The van der Waals surface area contributed by atoms with Gasteiger partial charge in [0, 0.05) is 17.3 Å². The third-order valence-electron chi connectivity index (χ3n) is 4.96. The van der Waals surface area contributed by atoms with Gasteiger partial charge in [-0.1, -0.05) is 25.8 Å². The first-order chi connectivity index (χ1) is 10.6. The molecule has 114 valence electrons. The first-order valence-corrected chi connectivity index (χ1v) is 7.94. The number of hydrogen-bond acceptors (Lipinski definition) is 3. The van der Waals surface area contributed by atoms with Crippen molar-refractivity contribution in [1.29, 1.82) is 0 Å². The van der Waals surface area contributed by atoms with E-state index in [9.17, 15) is 4.79 Å². The maximum Gasteiger partial charge on any atom is 0.246 e. The summed E-state index contributed by atoms with van der Waals surface area (Å²) in [7, 11) is 0. The second kappa shape index (κ2) is 4.66. The minimum Gasteiger partial charge on any atom is -0.348 e. The zero-order chi connectivity index (χ0) is 15.3. The lowest BCUT2D eigenvalue weighted by molar-refractivity contribution is -0.133. The maximum absolute atomic E-state index is 12.7. The van der Waals surface area contributed by atoms with E-state index >= 15 is 0 Å². The quantitative estimate of drug-likeness (QED) is 0.880. The van der Waals surface area contributed by atoms with E-state index < -0.39 is 5.54 Å². The summed E-state index contributed by atoms with van der Waals surface area (Å²) in [5.74, 6) is 0.804. The molecule has 0 aromatic carbocycles. The summed E-state index contributed by atoms with van der Waals surface area (Å²) in [6.45, 7) is 6.41. The van der Waals surface area contributed by atoms with E-state index in [0.29, 0.717) is 12.4 Å². The number of rotatable bonds is 1. The standard InChI is InChI=1S/C17H20N4O/c1-11(2)14-18-9-12-8-13-10-19-16(22)17(6-4-3-5-7-17)21(13)15(12)20-14/h8-9H,1,3-7,10H2,2H3,(H,19,22). The Morgan fingerprint density at radius 3 is 2.86 bits per heavy atom. The fourth-order valence-electron chi connectivity index (χ4n) is 3.88.